The first-order valence-corrected chi connectivity index (χ1v) is 7.95. The molecule has 4 heteroatoms. The number of hydrogen-bond donors (Lipinski definition) is 1. The van der Waals surface area contributed by atoms with Crippen molar-refractivity contribution in [3.05, 3.63) is 57.8 Å². The first kappa shape index (κ1) is 13.0. The molecular weight excluding hydrogens is 328 g/mol. The molecule has 1 heterocycles. The van der Waals surface area contributed by atoms with Crippen molar-refractivity contribution in [3.63, 3.8) is 0 Å². The van der Waals surface area contributed by atoms with Crippen molar-refractivity contribution in [2.75, 3.05) is 5.32 Å². The van der Waals surface area contributed by atoms with Gasteiger partial charge >= 0.3 is 0 Å². The van der Waals surface area contributed by atoms with Gasteiger partial charge in [-0.15, -0.1) is 0 Å². The van der Waals surface area contributed by atoms with E-state index in [1.807, 2.05) is 19.1 Å². The molecule has 2 aromatic rings. The van der Waals surface area contributed by atoms with Crippen LogP contribution in [0.4, 0.5) is 5.69 Å². The summed E-state index contributed by atoms with van der Waals surface area (Å²) in [7, 11) is 0. The number of amides is 1. The zero-order chi connectivity index (χ0) is 14.6. The normalized spacial score (nSPS) is 25.1. The number of anilines is 1. The van der Waals surface area contributed by atoms with Crippen molar-refractivity contribution in [1.82, 2.24) is 4.98 Å². The van der Waals surface area contributed by atoms with Crippen LogP contribution in [0.3, 0.4) is 0 Å². The number of nitrogens with one attached hydrogen (secondary N) is 1. The molecule has 1 saturated carbocycles. The first-order chi connectivity index (χ1) is 10.1. The van der Waals surface area contributed by atoms with E-state index < -0.39 is 0 Å². The van der Waals surface area contributed by atoms with Crippen LogP contribution in [0.15, 0.2) is 41.0 Å². The molecule has 4 rings (SSSR count). The van der Waals surface area contributed by atoms with E-state index in [4.69, 9.17) is 0 Å². The second kappa shape index (κ2) is 4.67. The standard InChI is InChI=1S/C17H15BrN2O/c1-9-7-10(5-6-19-9)20-17(21)16-13-8-12-11(15(13)16)3-2-4-14(12)18/h2-7,13,15-16H,8H2,1H3,(H,19,20,21). The number of aromatic nitrogens is 1. The average Bonchev–Trinajstić information content (AvgIpc) is 3.03. The molecule has 2 aliphatic carbocycles. The van der Waals surface area contributed by atoms with Gasteiger partial charge in [-0.25, -0.2) is 0 Å². The molecule has 2 aliphatic rings. The van der Waals surface area contributed by atoms with E-state index in [1.54, 1.807) is 6.20 Å². The predicted molar refractivity (Wildman–Crippen MR) is 85.2 cm³/mol. The third kappa shape index (κ3) is 2.09. The van der Waals surface area contributed by atoms with Gasteiger partial charge in [-0.1, -0.05) is 28.1 Å². The van der Waals surface area contributed by atoms with Gasteiger partial charge in [0.25, 0.3) is 0 Å². The number of aryl methyl sites for hydroxylation is 1. The first-order valence-electron chi connectivity index (χ1n) is 7.16. The Labute approximate surface area is 131 Å². The molecule has 3 atom stereocenters. The van der Waals surface area contributed by atoms with E-state index in [-0.39, 0.29) is 11.8 Å². The van der Waals surface area contributed by atoms with Gasteiger partial charge in [0.2, 0.25) is 5.91 Å². The van der Waals surface area contributed by atoms with Gasteiger partial charge in [-0.2, -0.15) is 0 Å². The molecule has 3 nitrogen and oxygen atoms in total. The fourth-order valence-electron chi connectivity index (χ4n) is 3.60. The molecule has 0 saturated heterocycles. The summed E-state index contributed by atoms with van der Waals surface area (Å²) in [6, 6.07) is 10.0. The molecule has 0 radical (unpaired) electrons. The van der Waals surface area contributed by atoms with Crippen LogP contribution in [-0.2, 0) is 11.2 Å². The Morgan fingerprint density at radius 2 is 2.24 bits per heavy atom. The fraction of sp³-hybridized carbons (Fsp3) is 0.294. The fourth-order valence-corrected chi connectivity index (χ4v) is 4.14. The van der Waals surface area contributed by atoms with E-state index in [0.29, 0.717) is 11.8 Å². The maximum absolute atomic E-state index is 12.5. The second-order valence-electron chi connectivity index (χ2n) is 5.90. The molecule has 3 unspecified atom stereocenters. The van der Waals surface area contributed by atoms with Crippen molar-refractivity contribution in [2.45, 2.75) is 19.3 Å². The number of benzene rings is 1. The Hall–Kier alpha value is -1.68. The lowest BCUT2D eigenvalue weighted by Gasteiger charge is -2.10. The van der Waals surface area contributed by atoms with Gasteiger partial charge in [0.05, 0.1) is 0 Å². The molecule has 0 aliphatic heterocycles. The van der Waals surface area contributed by atoms with E-state index in [9.17, 15) is 4.79 Å². The Morgan fingerprint density at radius 1 is 1.38 bits per heavy atom. The molecule has 1 amide bonds. The highest BCUT2D eigenvalue weighted by atomic mass is 79.9. The van der Waals surface area contributed by atoms with E-state index in [0.717, 1.165) is 17.8 Å². The summed E-state index contributed by atoms with van der Waals surface area (Å²) in [6.07, 6.45) is 2.74. The minimum absolute atomic E-state index is 0.125. The van der Waals surface area contributed by atoms with Crippen molar-refractivity contribution < 1.29 is 4.79 Å². The average molecular weight is 343 g/mol. The highest BCUT2D eigenvalue weighted by molar-refractivity contribution is 9.10. The van der Waals surface area contributed by atoms with Crippen LogP contribution < -0.4 is 5.32 Å². The number of hydrogen-bond acceptors (Lipinski definition) is 2. The largest absolute Gasteiger partial charge is 0.326 e. The van der Waals surface area contributed by atoms with Gasteiger partial charge in [-0.3, -0.25) is 9.78 Å². The van der Waals surface area contributed by atoms with Crippen LogP contribution in [0.1, 0.15) is 22.7 Å². The third-order valence-corrected chi connectivity index (χ3v) is 5.33. The Kier molecular flexibility index (Phi) is 2.89. The SMILES string of the molecule is Cc1cc(NC(=O)C2C3Cc4c(Br)cccc4C32)ccn1. The van der Waals surface area contributed by atoms with E-state index in [1.165, 1.54) is 15.6 Å². The summed E-state index contributed by atoms with van der Waals surface area (Å²) in [6.45, 7) is 1.93. The predicted octanol–water partition coefficient (Wildman–Crippen LogP) is 3.68. The lowest BCUT2D eigenvalue weighted by Crippen LogP contribution is -2.17. The molecule has 106 valence electrons. The van der Waals surface area contributed by atoms with Crippen LogP contribution in [0.2, 0.25) is 0 Å². The van der Waals surface area contributed by atoms with Gasteiger partial charge < -0.3 is 5.32 Å². The second-order valence-corrected chi connectivity index (χ2v) is 6.76. The van der Waals surface area contributed by atoms with Crippen LogP contribution in [0.5, 0.6) is 0 Å². The highest BCUT2D eigenvalue weighted by Crippen LogP contribution is 2.62. The quantitative estimate of drug-likeness (QED) is 0.904. The van der Waals surface area contributed by atoms with Crippen molar-refractivity contribution >= 4 is 27.5 Å². The summed E-state index contributed by atoms with van der Waals surface area (Å²) in [5.74, 6) is 1.14. The van der Waals surface area contributed by atoms with Gasteiger partial charge in [-0.05, 0) is 48.6 Å². The minimum atomic E-state index is 0.125. The highest BCUT2D eigenvalue weighted by Gasteiger charge is 2.59. The van der Waals surface area contributed by atoms with Crippen molar-refractivity contribution in [1.29, 1.82) is 0 Å². The molecule has 0 spiro atoms. The van der Waals surface area contributed by atoms with Crippen LogP contribution in [-0.4, -0.2) is 10.9 Å². The maximum Gasteiger partial charge on any atom is 0.228 e. The smallest absolute Gasteiger partial charge is 0.228 e. The zero-order valence-electron chi connectivity index (χ0n) is 11.6. The summed E-state index contributed by atoms with van der Waals surface area (Å²) in [4.78, 5) is 16.6. The molecule has 1 N–H and O–H groups in total. The lowest BCUT2D eigenvalue weighted by molar-refractivity contribution is -0.117. The van der Waals surface area contributed by atoms with Gasteiger partial charge in [0.15, 0.2) is 0 Å². The molecule has 1 aromatic carbocycles. The van der Waals surface area contributed by atoms with Gasteiger partial charge in [0, 0.05) is 33.9 Å². The summed E-state index contributed by atoms with van der Waals surface area (Å²) in [5.41, 5.74) is 4.49. The summed E-state index contributed by atoms with van der Waals surface area (Å²) in [5, 5.41) is 3.03. The van der Waals surface area contributed by atoms with Crippen molar-refractivity contribution in [2.24, 2.45) is 11.8 Å². The molecule has 1 fully saturated rings. The Morgan fingerprint density at radius 3 is 3.05 bits per heavy atom. The molecule has 21 heavy (non-hydrogen) atoms. The number of halogens is 1. The summed E-state index contributed by atoms with van der Waals surface area (Å²) < 4.78 is 1.18. The zero-order valence-corrected chi connectivity index (χ0v) is 13.2. The Balaban J connectivity index is 1.52. The monoisotopic (exact) mass is 342 g/mol. The molecular formula is C17H15BrN2O. The number of carbonyl (C=O) groups excluding carboxylic acids is 1. The maximum atomic E-state index is 12.5. The lowest BCUT2D eigenvalue weighted by atomic mass is 10.0. The third-order valence-electron chi connectivity index (χ3n) is 4.59. The molecule has 1 aromatic heterocycles. The van der Waals surface area contributed by atoms with E-state index >= 15 is 0 Å². The van der Waals surface area contributed by atoms with Crippen molar-refractivity contribution in [3.8, 4) is 0 Å². The van der Waals surface area contributed by atoms with Crippen LogP contribution in [0, 0.1) is 18.8 Å². The summed E-state index contributed by atoms with van der Waals surface area (Å²) >= 11 is 3.61. The number of nitrogens with zero attached hydrogens (tertiary/aromatic N) is 1. The number of pyridine rings is 1. The Bertz CT molecular complexity index is 743. The molecule has 0 bridgehead atoms. The van der Waals surface area contributed by atoms with Gasteiger partial charge in [0.1, 0.15) is 0 Å². The van der Waals surface area contributed by atoms with Crippen LogP contribution >= 0.6 is 15.9 Å². The number of fused-ring (bicyclic) bond motifs is 3. The number of carbonyl (C=O) groups is 1. The number of rotatable bonds is 2. The minimum Gasteiger partial charge on any atom is -0.326 e. The van der Waals surface area contributed by atoms with Crippen LogP contribution in [0.25, 0.3) is 0 Å². The topological polar surface area (TPSA) is 42.0 Å². The van der Waals surface area contributed by atoms with E-state index in [2.05, 4.69) is 44.4 Å².